The van der Waals surface area contributed by atoms with Gasteiger partial charge in [-0.2, -0.15) is 0 Å². The minimum atomic E-state index is 0.0725. The van der Waals surface area contributed by atoms with Crippen molar-refractivity contribution in [3.05, 3.63) is 0 Å². The average Bonchev–Trinajstić information content (AvgIpc) is 2.53. The molecule has 0 aromatic rings. The molecule has 0 bridgehead atoms. The Morgan fingerprint density at radius 3 is 2.62 bits per heavy atom. The summed E-state index contributed by atoms with van der Waals surface area (Å²) in [6, 6.07) is 0.681. The van der Waals surface area contributed by atoms with Crippen LogP contribution in [0.3, 0.4) is 0 Å². The van der Waals surface area contributed by atoms with Gasteiger partial charge >= 0.3 is 0 Å². The lowest BCUT2D eigenvalue weighted by molar-refractivity contribution is -0.124. The first-order valence-corrected chi connectivity index (χ1v) is 9.28. The SMILES string of the molecule is CC1CCCCC1CNC(=O)C1CCC2CCCCC2N1. The lowest BCUT2D eigenvalue weighted by atomic mass is 9.77. The van der Waals surface area contributed by atoms with Crippen LogP contribution >= 0.6 is 0 Å². The van der Waals surface area contributed by atoms with E-state index in [9.17, 15) is 4.79 Å². The number of carbonyl (C=O) groups excluding carboxylic acids is 1. The summed E-state index contributed by atoms with van der Waals surface area (Å²) < 4.78 is 0. The van der Waals surface area contributed by atoms with Crippen LogP contribution in [0, 0.1) is 17.8 Å². The van der Waals surface area contributed by atoms with Crippen molar-refractivity contribution in [1.82, 2.24) is 10.6 Å². The molecule has 3 nitrogen and oxygen atoms in total. The standard InChI is InChI=1S/C18H32N2O/c1-13-6-2-3-8-15(13)12-19-18(21)17-11-10-14-7-4-5-9-16(14)20-17/h13-17,20H,2-12H2,1H3,(H,19,21). The monoisotopic (exact) mass is 292 g/mol. The highest BCUT2D eigenvalue weighted by Crippen LogP contribution is 2.32. The highest BCUT2D eigenvalue weighted by atomic mass is 16.2. The van der Waals surface area contributed by atoms with Crippen LogP contribution in [-0.4, -0.2) is 24.5 Å². The molecule has 1 saturated heterocycles. The van der Waals surface area contributed by atoms with Crippen molar-refractivity contribution in [3.8, 4) is 0 Å². The predicted octanol–water partition coefficient (Wildman–Crippen LogP) is 3.24. The number of piperidine rings is 1. The highest BCUT2D eigenvalue weighted by Gasteiger charge is 2.34. The zero-order chi connectivity index (χ0) is 14.7. The fourth-order valence-corrected chi connectivity index (χ4v) is 4.75. The van der Waals surface area contributed by atoms with Gasteiger partial charge in [0.15, 0.2) is 0 Å². The number of nitrogens with one attached hydrogen (secondary N) is 2. The van der Waals surface area contributed by atoms with Gasteiger partial charge in [-0.05, 0) is 49.9 Å². The van der Waals surface area contributed by atoms with Crippen LogP contribution in [0.5, 0.6) is 0 Å². The van der Waals surface area contributed by atoms with Crippen LogP contribution in [0.1, 0.15) is 71.1 Å². The third kappa shape index (κ3) is 3.80. The molecule has 120 valence electrons. The molecule has 21 heavy (non-hydrogen) atoms. The molecule has 0 radical (unpaired) electrons. The molecule has 3 fully saturated rings. The van der Waals surface area contributed by atoms with Crippen molar-refractivity contribution < 1.29 is 4.79 Å². The van der Waals surface area contributed by atoms with Gasteiger partial charge in [-0.3, -0.25) is 4.79 Å². The lowest BCUT2D eigenvalue weighted by Crippen LogP contribution is -2.55. The molecule has 0 aromatic carbocycles. The van der Waals surface area contributed by atoms with Crippen LogP contribution < -0.4 is 10.6 Å². The molecule has 3 heteroatoms. The van der Waals surface area contributed by atoms with Crippen molar-refractivity contribution in [2.45, 2.75) is 83.2 Å². The zero-order valence-corrected chi connectivity index (χ0v) is 13.6. The second kappa shape index (κ2) is 7.13. The molecule has 3 aliphatic rings. The van der Waals surface area contributed by atoms with E-state index in [0.717, 1.165) is 24.8 Å². The molecule has 5 atom stereocenters. The number of fused-ring (bicyclic) bond motifs is 1. The minimum absolute atomic E-state index is 0.0725. The molecule has 2 aliphatic carbocycles. The molecule has 1 aliphatic heterocycles. The van der Waals surface area contributed by atoms with E-state index >= 15 is 0 Å². The summed E-state index contributed by atoms with van der Waals surface area (Å²) in [5.41, 5.74) is 0. The maximum absolute atomic E-state index is 12.4. The molecule has 2 saturated carbocycles. The molecular formula is C18H32N2O. The van der Waals surface area contributed by atoms with Gasteiger partial charge < -0.3 is 10.6 Å². The molecule has 1 amide bonds. The third-order valence-electron chi connectivity index (χ3n) is 6.29. The molecule has 5 unspecified atom stereocenters. The summed E-state index contributed by atoms with van der Waals surface area (Å²) >= 11 is 0. The van der Waals surface area contributed by atoms with Gasteiger partial charge in [0.25, 0.3) is 0 Å². The van der Waals surface area contributed by atoms with Crippen LogP contribution in [0.15, 0.2) is 0 Å². The molecule has 3 rings (SSSR count). The van der Waals surface area contributed by atoms with Gasteiger partial charge in [-0.25, -0.2) is 0 Å². The van der Waals surface area contributed by atoms with E-state index in [1.54, 1.807) is 0 Å². The molecule has 2 N–H and O–H groups in total. The molecule has 1 heterocycles. The van der Waals surface area contributed by atoms with Crippen LogP contribution in [0.2, 0.25) is 0 Å². The first-order valence-electron chi connectivity index (χ1n) is 9.28. The zero-order valence-electron chi connectivity index (χ0n) is 13.6. The van der Waals surface area contributed by atoms with Gasteiger partial charge in [0.05, 0.1) is 6.04 Å². The Kier molecular flexibility index (Phi) is 5.20. The summed E-state index contributed by atoms with van der Waals surface area (Å²) in [5, 5.41) is 6.89. The number of hydrogen-bond donors (Lipinski definition) is 2. The average molecular weight is 292 g/mol. The quantitative estimate of drug-likeness (QED) is 0.838. The number of hydrogen-bond acceptors (Lipinski definition) is 2. The third-order valence-corrected chi connectivity index (χ3v) is 6.29. The topological polar surface area (TPSA) is 41.1 Å². The van der Waals surface area contributed by atoms with E-state index in [0.29, 0.717) is 12.0 Å². The Morgan fingerprint density at radius 1 is 1.00 bits per heavy atom. The summed E-state index contributed by atoms with van der Waals surface area (Å²) in [5.74, 6) is 2.58. The van der Waals surface area contributed by atoms with Crippen molar-refractivity contribution in [3.63, 3.8) is 0 Å². The van der Waals surface area contributed by atoms with Gasteiger partial charge in [0.2, 0.25) is 5.91 Å². The van der Waals surface area contributed by atoms with Crippen molar-refractivity contribution >= 4 is 5.91 Å². The van der Waals surface area contributed by atoms with Gasteiger partial charge in [-0.1, -0.05) is 39.0 Å². The summed E-state index contributed by atoms with van der Waals surface area (Å²) in [6.45, 7) is 3.24. The van der Waals surface area contributed by atoms with Crippen LogP contribution in [0.4, 0.5) is 0 Å². The Balaban J connectivity index is 1.44. The fourth-order valence-electron chi connectivity index (χ4n) is 4.75. The first-order chi connectivity index (χ1) is 10.2. The van der Waals surface area contributed by atoms with Gasteiger partial charge in [-0.15, -0.1) is 0 Å². The van der Waals surface area contributed by atoms with Crippen LogP contribution in [0.25, 0.3) is 0 Å². The Hall–Kier alpha value is -0.570. The first kappa shape index (κ1) is 15.3. The van der Waals surface area contributed by atoms with Gasteiger partial charge in [0.1, 0.15) is 0 Å². The van der Waals surface area contributed by atoms with E-state index in [-0.39, 0.29) is 11.9 Å². The van der Waals surface area contributed by atoms with Crippen molar-refractivity contribution in [2.75, 3.05) is 6.54 Å². The second-order valence-corrected chi connectivity index (χ2v) is 7.71. The van der Waals surface area contributed by atoms with Gasteiger partial charge in [0, 0.05) is 12.6 Å². The summed E-state index contributed by atoms with van der Waals surface area (Å²) in [7, 11) is 0. The van der Waals surface area contributed by atoms with E-state index in [2.05, 4.69) is 17.6 Å². The number of carbonyl (C=O) groups is 1. The van der Waals surface area contributed by atoms with Crippen molar-refractivity contribution in [1.29, 1.82) is 0 Å². The second-order valence-electron chi connectivity index (χ2n) is 7.71. The fraction of sp³-hybridized carbons (Fsp3) is 0.944. The normalized spacial score (nSPS) is 40.3. The minimum Gasteiger partial charge on any atom is -0.354 e. The Bertz CT molecular complexity index is 357. The Labute approximate surface area is 129 Å². The van der Waals surface area contributed by atoms with E-state index in [1.807, 2.05) is 0 Å². The largest absolute Gasteiger partial charge is 0.354 e. The van der Waals surface area contributed by atoms with E-state index in [4.69, 9.17) is 0 Å². The van der Waals surface area contributed by atoms with E-state index in [1.165, 1.54) is 57.8 Å². The predicted molar refractivity (Wildman–Crippen MR) is 86.0 cm³/mol. The maximum Gasteiger partial charge on any atom is 0.237 e. The van der Waals surface area contributed by atoms with E-state index < -0.39 is 0 Å². The van der Waals surface area contributed by atoms with Crippen LogP contribution in [-0.2, 0) is 4.79 Å². The molecule has 0 aromatic heterocycles. The smallest absolute Gasteiger partial charge is 0.237 e. The number of rotatable bonds is 3. The number of amides is 1. The molecular weight excluding hydrogens is 260 g/mol. The maximum atomic E-state index is 12.4. The lowest BCUT2D eigenvalue weighted by Gasteiger charge is -2.40. The van der Waals surface area contributed by atoms with Crippen molar-refractivity contribution in [2.24, 2.45) is 17.8 Å². The highest BCUT2D eigenvalue weighted by molar-refractivity contribution is 5.81. The Morgan fingerprint density at radius 2 is 1.76 bits per heavy atom. The molecule has 0 spiro atoms. The summed E-state index contributed by atoms with van der Waals surface area (Å²) in [6.07, 6.45) is 13.0. The summed E-state index contributed by atoms with van der Waals surface area (Å²) in [4.78, 5) is 12.4.